The van der Waals surface area contributed by atoms with Crippen molar-refractivity contribution < 1.29 is 17.9 Å². The van der Waals surface area contributed by atoms with Gasteiger partial charge in [-0.05, 0) is 49.9 Å². The number of halogens is 3. The molecule has 1 aromatic heterocycles. The molecule has 2 heterocycles. The third-order valence-corrected chi connectivity index (χ3v) is 6.84. The molecule has 0 bridgehead atoms. The van der Waals surface area contributed by atoms with Crippen LogP contribution in [0.1, 0.15) is 29.8 Å². The summed E-state index contributed by atoms with van der Waals surface area (Å²) < 4.78 is 49.4. The summed E-state index contributed by atoms with van der Waals surface area (Å²) in [5.74, 6) is 0.491. The zero-order valence-corrected chi connectivity index (χ0v) is 18.5. The van der Waals surface area contributed by atoms with Gasteiger partial charge in [-0.3, -0.25) is 4.98 Å². The normalized spacial score (nSPS) is 16.5. The predicted molar refractivity (Wildman–Crippen MR) is 121 cm³/mol. The Morgan fingerprint density at radius 2 is 1.90 bits per heavy atom. The lowest BCUT2D eigenvalue weighted by atomic mass is 9.78. The van der Waals surface area contributed by atoms with Crippen LogP contribution in [-0.2, 0) is 6.42 Å². The Labute approximate surface area is 184 Å². The topological polar surface area (TPSA) is 34.2 Å². The van der Waals surface area contributed by atoms with Crippen LogP contribution >= 0.6 is 11.8 Å². The first-order valence-corrected chi connectivity index (χ1v) is 11.6. The number of hydrogen-bond donors (Lipinski definition) is 1. The monoisotopic (exact) mass is 446 g/mol. The van der Waals surface area contributed by atoms with Crippen LogP contribution < -0.4 is 10.1 Å². The van der Waals surface area contributed by atoms with E-state index in [1.54, 1.807) is 12.3 Å². The second-order valence-corrected chi connectivity index (χ2v) is 9.05. The van der Waals surface area contributed by atoms with Crippen molar-refractivity contribution in [2.75, 3.05) is 23.9 Å². The lowest BCUT2D eigenvalue weighted by Crippen LogP contribution is -2.45. The molecule has 0 saturated heterocycles. The number of hydrogen-bond acceptors (Lipinski definition) is 4. The van der Waals surface area contributed by atoms with E-state index >= 15 is 0 Å². The summed E-state index contributed by atoms with van der Waals surface area (Å²) in [5.41, 5.74) is 1.71. The van der Waals surface area contributed by atoms with Crippen molar-refractivity contribution in [3.05, 3.63) is 65.4 Å². The van der Waals surface area contributed by atoms with Crippen LogP contribution in [0.5, 0.6) is 5.75 Å². The Bertz CT molecular complexity index is 1100. The summed E-state index contributed by atoms with van der Waals surface area (Å²) in [6, 6.07) is 13.7. The summed E-state index contributed by atoms with van der Waals surface area (Å²) in [6.07, 6.45) is -2.01. The molecule has 2 unspecified atom stereocenters. The number of anilines is 1. The van der Waals surface area contributed by atoms with E-state index in [1.165, 1.54) is 18.7 Å². The number of thioether (sulfide) groups is 1. The van der Waals surface area contributed by atoms with Gasteiger partial charge in [0.2, 0.25) is 0 Å². The highest BCUT2D eigenvalue weighted by atomic mass is 32.2. The van der Waals surface area contributed by atoms with Gasteiger partial charge in [0.25, 0.3) is 0 Å². The van der Waals surface area contributed by atoms with Gasteiger partial charge in [0.05, 0.1) is 23.6 Å². The number of ether oxygens (including phenoxy) is 1. The second kappa shape index (κ2) is 8.26. The molecule has 1 aliphatic rings. The standard InChI is InChI=1S/C24H25F3N2OS/c1-15-10-11-17-19(28-15)8-5-9-20(17)29-22(23(2,14-31-3)24(25,26)27)18-7-4-6-16-12-13-30-21(16)18/h4-11,22,29H,12-14H2,1-3H3. The number of aryl methyl sites for hydroxylation is 1. The van der Waals surface area contributed by atoms with Crippen LogP contribution in [0.25, 0.3) is 10.9 Å². The van der Waals surface area contributed by atoms with E-state index in [9.17, 15) is 13.2 Å². The minimum absolute atomic E-state index is 0.0834. The zero-order valence-electron chi connectivity index (χ0n) is 17.7. The first kappa shape index (κ1) is 21.8. The molecule has 164 valence electrons. The highest BCUT2D eigenvalue weighted by Gasteiger charge is 2.57. The molecule has 0 saturated carbocycles. The van der Waals surface area contributed by atoms with Crippen molar-refractivity contribution in [3.8, 4) is 5.75 Å². The predicted octanol–water partition coefficient (Wildman–Crippen LogP) is 6.56. The third-order valence-electron chi connectivity index (χ3n) is 5.96. The molecule has 4 rings (SSSR count). The zero-order chi connectivity index (χ0) is 22.2. The number of benzene rings is 2. The lowest BCUT2D eigenvalue weighted by Gasteiger charge is -2.40. The molecule has 1 N–H and O–H groups in total. The Hall–Kier alpha value is -2.41. The van der Waals surface area contributed by atoms with Crippen LogP contribution in [0, 0.1) is 12.3 Å². The van der Waals surface area contributed by atoms with Crippen molar-refractivity contribution in [3.63, 3.8) is 0 Å². The number of fused-ring (bicyclic) bond motifs is 2. The fourth-order valence-electron chi connectivity index (χ4n) is 4.22. The van der Waals surface area contributed by atoms with Gasteiger partial charge < -0.3 is 10.1 Å². The largest absolute Gasteiger partial charge is 0.493 e. The molecule has 3 aromatic rings. The fraction of sp³-hybridized carbons (Fsp3) is 0.375. The highest BCUT2D eigenvalue weighted by molar-refractivity contribution is 7.98. The van der Waals surface area contributed by atoms with Gasteiger partial charge in [-0.2, -0.15) is 24.9 Å². The number of pyridine rings is 1. The number of alkyl halides is 3. The number of nitrogens with zero attached hydrogens (tertiary/aromatic N) is 1. The molecular formula is C24H25F3N2OS. The van der Waals surface area contributed by atoms with Gasteiger partial charge in [-0.15, -0.1) is 0 Å². The van der Waals surface area contributed by atoms with E-state index in [2.05, 4.69) is 10.3 Å². The van der Waals surface area contributed by atoms with Gasteiger partial charge in [0, 0.05) is 34.5 Å². The van der Waals surface area contributed by atoms with Crippen molar-refractivity contribution in [2.24, 2.45) is 5.41 Å². The summed E-state index contributed by atoms with van der Waals surface area (Å²) >= 11 is 1.19. The maximum absolute atomic E-state index is 14.5. The van der Waals surface area contributed by atoms with E-state index in [0.29, 0.717) is 30.0 Å². The molecule has 0 amide bonds. The summed E-state index contributed by atoms with van der Waals surface area (Å²) in [5, 5.41) is 4.06. The fourth-order valence-corrected chi connectivity index (χ4v) is 5.15. The smallest absolute Gasteiger partial charge is 0.397 e. The molecule has 1 aliphatic heterocycles. The van der Waals surface area contributed by atoms with E-state index in [0.717, 1.165) is 22.2 Å². The molecule has 31 heavy (non-hydrogen) atoms. The summed E-state index contributed by atoms with van der Waals surface area (Å²) in [6.45, 7) is 3.68. The van der Waals surface area contributed by atoms with E-state index in [-0.39, 0.29) is 5.75 Å². The van der Waals surface area contributed by atoms with Crippen LogP contribution in [0.4, 0.5) is 18.9 Å². The molecule has 0 aliphatic carbocycles. The van der Waals surface area contributed by atoms with Crippen LogP contribution in [0.3, 0.4) is 0 Å². The molecule has 3 nitrogen and oxygen atoms in total. The van der Waals surface area contributed by atoms with Crippen molar-refractivity contribution in [2.45, 2.75) is 32.5 Å². The number of rotatable bonds is 6. The second-order valence-electron chi connectivity index (χ2n) is 8.18. The van der Waals surface area contributed by atoms with Gasteiger partial charge in [-0.1, -0.05) is 24.3 Å². The summed E-state index contributed by atoms with van der Waals surface area (Å²) in [4.78, 5) is 4.53. The van der Waals surface area contributed by atoms with Gasteiger partial charge >= 0.3 is 6.18 Å². The van der Waals surface area contributed by atoms with Gasteiger partial charge in [-0.25, -0.2) is 0 Å². The number of nitrogens with one attached hydrogen (secondary N) is 1. The maximum Gasteiger partial charge on any atom is 0.397 e. The first-order chi connectivity index (χ1) is 14.7. The van der Waals surface area contributed by atoms with Crippen LogP contribution in [0.15, 0.2) is 48.5 Å². The average molecular weight is 447 g/mol. The van der Waals surface area contributed by atoms with E-state index in [1.807, 2.05) is 49.4 Å². The maximum atomic E-state index is 14.5. The Balaban J connectivity index is 1.89. The molecule has 7 heteroatoms. The quantitative estimate of drug-likeness (QED) is 0.465. The van der Waals surface area contributed by atoms with Crippen LogP contribution in [0.2, 0.25) is 0 Å². The SMILES string of the molecule is CSCC(C)(C(Nc1cccc2nc(C)ccc12)c1cccc2c1OCC2)C(F)(F)F. The van der Waals surface area contributed by atoms with Crippen molar-refractivity contribution in [1.82, 2.24) is 4.98 Å². The molecule has 2 aromatic carbocycles. The van der Waals surface area contributed by atoms with Gasteiger partial charge in [0.1, 0.15) is 5.75 Å². The minimum atomic E-state index is -4.42. The minimum Gasteiger partial charge on any atom is -0.493 e. The third kappa shape index (κ3) is 3.95. The van der Waals surface area contributed by atoms with Crippen molar-refractivity contribution >= 4 is 28.4 Å². The van der Waals surface area contributed by atoms with Crippen LogP contribution in [-0.4, -0.2) is 29.8 Å². The molecule has 2 atom stereocenters. The molecule has 0 radical (unpaired) electrons. The molecular weight excluding hydrogens is 421 g/mol. The van der Waals surface area contributed by atoms with E-state index in [4.69, 9.17) is 4.74 Å². The Kier molecular flexibility index (Phi) is 5.81. The van der Waals surface area contributed by atoms with Crippen molar-refractivity contribution in [1.29, 1.82) is 0 Å². The molecule has 0 spiro atoms. The number of aromatic nitrogens is 1. The Morgan fingerprint density at radius 3 is 2.65 bits per heavy atom. The Morgan fingerprint density at radius 1 is 1.13 bits per heavy atom. The lowest BCUT2D eigenvalue weighted by molar-refractivity contribution is -0.215. The first-order valence-electron chi connectivity index (χ1n) is 10.2. The van der Waals surface area contributed by atoms with Gasteiger partial charge in [0.15, 0.2) is 0 Å². The number of para-hydroxylation sites is 1. The summed E-state index contributed by atoms with van der Waals surface area (Å²) in [7, 11) is 0. The molecule has 0 fully saturated rings. The average Bonchev–Trinajstić information content (AvgIpc) is 3.20. The van der Waals surface area contributed by atoms with E-state index < -0.39 is 17.6 Å². The highest BCUT2D eigenvalue weighted by Crippen LogP contribution is 2.53.